The van der Waals surface area contributed by atoms with Gasteiger partial charge in [0.2, 0.25) is 5.95 Å². The number of ether oxygens (including phenoxy) is 1. The molecule has 11 heteroatoms. The molecule has 0 bridgehead atoms. The maximum atomic E-state index is 14.7. The Balaban J connectivity index is 1.43. The number of fused-ring (bicyclic) bond motifs is 3. The van der Waals surface area contributed by atoms with Crippen molar-refractivity contribution in [1.29, 1.82) is 0 Å². The number of alkyl halides is 2. The number of carbonyl (C=O) groups excluding carboxylic acids is 2. The van der Waals surface area contributed by atoms with Crippen LogP contribution in [0.5, 0.6) is 5.75 Å². The van der Waals surface area contributed by atoms with Gasteiger partial charge in [-0.05, 0) is 33.3 Å². The Kier molecular flexibility index (Phi) is 4.49. The molecule has 9 nitrogen and oxygen atoms in total. The SMILES string of the molecule is CC(C)N1C(=O)NC2(COc3cc(-c4nc(N5C[C@@H](O)[C@@H]5C)nc5c4CCC5(F)F)ccc32)C1=O. The van der Waals surface area contributed by atoms with Crippen LogP contribution in [0, 0.1) is 0 Å². The van der Waals surface area contributed by atoms with Crippen molar-refractivity contribution in [2.75, 3.05) is 18.1 Å². The molecule has 3 atom stereocenters. The molecule has 0 saturated carbocycles. The third kappa shape index (κ3) is 2.93. The molecule has 1 spiro atoms. The van der Waals surface area contributed by atoms with E-state index < -0.39 is 23.6 Å². The van der Waals surface area contributed by atoms with E-state index in [0.29, 0.717) is 28.1 Å². The van der Waals surface area contributed by atoms with Crippen molar-refractivity contribution in [1.82, 2.24) is 20.2 Å². The number of anilines is 1. The summed E-state index contributed by atoms with van der Waals surface area (Å²) < 4.78 is 35.3. The van der Waals surface area contributed by atoms with E-state index in [1.807, 2.05) is 0 Å². The first kappa shape index (κ1) is 22.1. The second-order valence-corrected chi connectivity index (χ2v) is 9.97. The fraction of sp³-hybridized carbons (Fsp3) is 0.500. The van der Waals surface area contributed by atoms with Crippen molar-refractivity contribution >= 4 is 17.9 Å². The zero-order valence-corrected chi connectivity index (χ0v) is 19.5. The first-order chi connectivity index (χ1) is 16.5. The molecule has 1 aromatic carbocycles. The highest BCUT2D eigenvalue weighted by Gasteiger charge is 2.57. The third-order valence-corrected chi connectivity index (χ3v) is 7.52. The summed E-state index contributed by atoms with van der Waals surface area (Å²) in [4.78, 5) is 37.4. The normalized spacial score (nSPS) is 28.3. The van der Waals surface area contributed by atoms with Gasteiger partial charge in [0, 0.05) is 35.7 Å². The molecule has 3 amide bonds. The minimum Gasteiger partial charge on any atom is -0.490 e. The summed E-state index contributed by atoms with van der Waals surface area (Å²) in [7, 11) is 0. The maximum absolute atomic E-state index is 14.7. The van der Waals surface area contributed by atoms with Gasteiger partial charge in [-0.3, -0.25) is 9.69 Å². The predicted octanol–water partition coefficient (Wildman–Crippen LogP) is 2.30. The van der Waals surface area contributed by atoms with Gasteiger partial charge in [-0.2, -0.15) is 8.78 Å². The number of benzene rings is 1. The number of nitrogens with zero attached hydrogens (tertiary/aromatic N) is 4. The van der Waals surface area contributed by atoms with Crippen LogP contribution < -0.4 is 15.0 Å². The lowest BCUT2D eigenvalue weighted by Crippen LogP contribution is -2.59. The molecular weight excluding hydrogens is 460 g/mol. The number of aliphatic hydroxyl groups excluding tert-OH is 1. The van der Waals surface area contributed by atoms with Crippen LogP contribution in [0.1, 0.15) is 44.0 Å². The van der Waals surface area contributed by atoms with Crippen LogP contribution in [0.3, 0.4) is 0 Å². The molecule has 1 unspecified atom stereocenters. The number of urea groups is 1. The molecule has 6 rings (SSSR count). The Morgan fingerprint density at radius 3 is 2.69 bits per heavy atom. The standard InChI is InChI=1S/C24H25F2N5O4/c1-11(2)31-20(33)23(29-22(31)34)10-35-17-8-13(4-5-15(17)23)18-14-6-7-24(25,26)19(14)28-21(27-18)30-9-16(32)12(30)3/h4-5,8,11-12,16,32H,6-7,9-10H2,1-3H3,(H,29,34)/t12-,16+,23?/m0/s1. The van der Waals surface area contributed by atoms with Crippen LogP contribution in [-0.2, 0) is 22.7 Å². The largest absolute Gasteiger partial charge is 0.490 e. The van der Waals surface area contributed by atoms with Crippen molar-refractivity contribution in [2.45, 2.75) is 63.3 Å². The van der Waals surface area contributed by atoms with E-state index in [2.05, 4.69) is 15.3 Å². The molecule has 3 aliphatic heterocycles. The number of carbonyl (C=O) groups is 2. The van der Waals surface area contributed by atoms with Crippen LogP contribution in [0.4, 0.5) is 19.5 Å². The highest BCUT2D eigenvalue weighted by molar-refractivity contribution is 6.08. The second kappa shape index (κ2) is 7.09. The number of hydrogen-bond acceptors (Lipinski definition) is 7. The number of imide groups is 1. The third-order valence-electron chi connectivity index (χ3n) is 7.52. The summed E-state index contributed by atoms with van der Waals surface area (Å²) in [6.07, 6.45) is -0.776. The monoisotopic (exact) mass is 485 g/mol. The zero-order chi connectivity index (χ0) is 24.9. The van der Waals surface area contributed by atoms with Gasteiger partial charge in [-0.15, -0.1) is 0 Å². The van der Waals surface area contributed by atoms with Gasteiger partial charge in [0.25, 0.3) is 11.8 Å². The van der Waals surface area contributed by atoms with Gasteiger partial charge >= 0.3 is 6.03 Å². The number of aromatic nitrogens is 2. The molecule has 2 aromatic rings. The Labute approximate surface area is 200 Å². The van der Waals surface area contributed by atoms with Crippen molar-refractivity contribution in [3.63, 3.8) is 0 Å². The van der Waals surface area contributed by atoms with Gasteiger partial charge in [0.05, 0.1) is 17.8 Å². The summed E-state index contributed by atoms with van der Waals surface area (Å²) in [6.45, 7) is 5.54. The van der Waals surface area contributed by atoms with Crippen molar-refractivity contribution in [3.8, 4) is 17.0 Å². The van der Waals surface area contributed by atoms with Gasteiger partial charge in [-0.1, -0.05) is 12.1 Å². The Morgan fingerprint density at radius 1 is 1.26 bits per heavy atom. The number of β-amino-alcohol motifs (C(OH)–C–C–N with tert-alkyl or cyclic N) is 1. The molecule has 184 valence electrons. The molecule has 4 aliphatic rings. The molecule has 35 heavy (non-hydrogen) atoms. The fourth-order valence-electron chi connectivity index (χ4n) is 5.38. The number of aliphatic hydroxyl groups is 1. The average Bonchev–Trinajstić information content (AvgIpc) is 3.42. The topological polar surface area (TPSA) is 108 Å². The highest BCUT2D eigenvalue weighted by atomic mass is 19.3. The summed E-state index contributed by atoms with van der Waals surface area (Å²) >= 11 is 0. The summed E-state index contributed by atoms with van der Waals surface area (Å²) in [5.41, 5.74) is 0.271. The molecule has 2 fully saturated rings. The minimum atomic E-state index is -3.06. The lowest BCUT2D eigenvalue weighted by atomic mass is 9.90. The van der Waals surface area contributed by atoms with Gasteiger partial charge in [0.1, 0.15) is 18.1 Å². The molecular formula is C24H25F2N5O4. The van der Waals surface area contributed by atoms with E-state index >= 15 is 0 Å². The highest BCUT2D eigenvalue weighted by Crippen LogP contribution is 2.47. The second-order valence-electron chi connectivity index (χ2n) is 9.97. The Morgan fingerprint density at radius 2 is 2.03 bits per heavy atom. The van der Waals surface area contributed by atoms with Crippen LogP contribution in [0.2, 0.25) is 0 Å². The number of halogens is 2. The quantitative estimate of drug-likeness (QED) is 0.643. The average molecular weight is 485 g/mol. The molecule has 2 saturated heterocycles. The van der Waals surface area contributed by atoms with Crippen LogP contribution in [0.25, 0.3) is 11.3 Å². The smallest absolute Gasteiger partial charge is 0.325 e. The van der Waals surface area contributed by atoms with Gasteiger partial charge < -0.3 is 20.1 Å². The maximum Gasteiger partial charge on any atom is 0.325 e. The van der Waals surface area contributed by atoms with Gasteiger partial charge in [0.15, 0.2) is 5.54 Å². The molecule has 4 heterocycles. The predicted molar refractivity (Wildman–Crippen MR) is 120 cm³/mol. The first-order valence-corrected chi connectivity index (χ1v) is 11.7. The number of amides is 3. The number of hydrogen-bond donors (Lipinski definition) is 2. The molecule has 1 aliphatic carbocycles. The lowest BCUT2D eigenvalue weighted by molar-refractivity contribution is -0.133. The van der Waals surface area contributed by atoms with Crippen LogP contribution >= 0.6 is 0 Å². The minimum absolute atomic E-state index is 0.0477. The van der Waals surface area contributed by atoms with Crippen molar-refractivity contribution < 1.29 is 28.2 Å². The lowest BCUT2D eigenvalue weighted by Gasteiger charge is -2.43. The van der Waals surface area contributed by atoms with E-state index in [9.17, 15) is 23.5 Å². The molecule has 2 N–H and O–H groups in total. The Hall–Kier alpha value is -3.34. The van der Waals surface area contributed by atoms with Gasteiger partial charge in [-0.25, -0.2) is 14.8 Å². The summed E-state index contributed by atoms with van der Waals surface area (Å²) in [5, 5.41) is 12.7. The van der Waals surface area contributed by atoms with E-state index in [-0.39, 0.29) is 55.6 Å². The molecule has 1 aromatic heterocycles. The fourth-order valence-corrected chi connectivity index (χ4v) is 5.38. The van der Waals surface area contributed by atoms with E-state index in [1.54, 1.807) is 43.9 Å². The van der Waals surface area contributed by atoms with Crippen molar-refractivity contribution in [2.24, 2.45) is 0 Å². The van der Waals surface area contributed by atoms with E-state index in [0.717, 1.165) is 0 Å². The molecule has 0 radical (unpaired) electrons. The van der Waals surface area contributed by atoms with Crippen LogP contribution in [0.15, 0.2) is 18.2 Å². The van der Waals surface area contributed by atoms with E-state index in [1.165, 1.54) is 4.90 Å². The zero-order valence-electron chi connectivity index (χ0n) is 19.5. The first-order valence-electron chi connectivity index (χ1n) is 11.7. The van der Waals surface area contributed by atoms with Crippen LogP contribution in [-0.4, -0.2) is 63.3 Å². The summed E-state index contributed by atoms with van der Waals surface area (Å²) in [6, 6.07) is 4.02. The van der Waals surface area contributed by atoms with E-state index in [4.69, 9.17) is 4.74 Å². The Bertz CT molecular complexity index is 1280. The summed E-state index contributed by atoms with van der Waals surface area (Å²) in [5.74, 6) is -2.89. The number of nitrogens with one attached hydrogen (secondary N) is 1. The number of rotatable bonds is 3. The van der Waals surface area contributed by atoms with Crippen molar-refractivity contribution in [3.05, 3.63) is 35.0 Å².